The van der Waals surface area contributed by atoms with Crippen molar-refractivity contribution < 1.29 is 24.2 Å². The number of alkyl carbamates (subject to hydrolysis) is 1. The van der Waals surface area contributed by atoms with Gasteiger partial charge in [-0.3, -0.25) is 0 Å². The topological polar surface area (TPSA) is 92.7 Å². The number of hydrogen-bond acceptors (Lipinski definition) is 4. The number of hydrogen-bond donors (Lipinski definition) is 2. The van der Waals surface area contributed by atoms with E-state index in [9.17, 15) is 19.5 Å². The SMILES string of the molecule is CC(=O)CCCC(C)(C)[C@@]1(C)OC(=O)N[C@]1(C)C(=O)O. The molecular weight excluding hydrogens is 262 g/mol. The van der Waals surface area contributed by atoms with Crippen LogP contribution in [0.4, 0.5) is 4.79 Å². The average Bonchev–Trinajstić information content (AvgIpc) is 2.50. The van der Waals surface area contributed by atoms with Gasteiger partial charge in [-0.05, 0) is 33.6 Å². The predicted molar refractivity (Wildman–Crippen MR) is 72.4 cm³/mol. The van der Waals surface area contributed by atoms with Crippen molar-refractivity contribution in [2.75, 3.05) is 0 Å². The molecule has 0 radical (unpaired) electrons. The smallest absolute Gasteiger partial charge is 0.408 e. The zero-order valence-electron chi connectivity index (χ0n) is 12.7. The van der Waals surface area contributed by atoms with Crippen molar-refractivity contribution in [3.8, 4) is 0 Å². The van der Waals surface area contributed by atoms with Crippen molar-refractivity contribution in [1.82, 2.24) is 5.32 Å². The lowest BCUT2D eigenvalue weighted by atomic mass is 9.63. The molecule has 0 aromatic heterocycles. The molecule has 1 fully saturated rings. The minimum absolute atomic E-state index is 0.0912. The lowest BCUT2D eigenvalue weighted by Crippen LogP contribution is -2.64. The van der Waals surface area contributed by atoms with E-state index in [0.717, 1.165) is 0 Å². The van der Waals surface area contributed by atoms with E-state index in [4.69, 9.17) is 4.74 Å². The van der Waals surface area contributed by atoms with Gasteiger partial charge in [-0.1, -0.05) is 13.8 Å². The summed E-state index contributed by atoms with van der Waals surface area (Å²) in [6.07, 6.45) is 0.925. The van der Waals surface area contributed by atoms with Gasteiger partial charge in [-0.2, -0.15) is 0 Å². The van der Waals surface area contributed by atoms with Crippen LogP contribution in [0, 0.1) is 5.41 Å². The van der Waals surface area contributed by atoms with Gasteiger partial charge in [0.15, 0.2) is 5.54 Å². The molecule has 1 aliphatic heterocycles. The van der Waals surface area contributed by atoms with Gasteiger partial charge >= 0.3 is 12.1 Å². The summed E-state index contributed by atoms with van der Waals surface area (Å²) >= 11 is 0. The Bertz CT molecular complexity index is 445. The summed E-state index contributed by atoms with van der Waals surface area (Å²) in [7, 11) is 0. The zero-order chi connectivity index (χ0) is 15.8. The monoisotopic (exact) mass is 285 g/mol. The molecule has 0 spiro atoms. The normalized spacial score (nSPS) is 29.8. The first-order valence-corrected chi connectivity index (χ1v) is 6.70. The second kappa shape index (κ2) is 5.07. The minimum atomic E-state index is -1.50. The highest BCUT2D eigenvalue weighted by Crippen LogP contribution is 2.48. The number of nitrogens with one attached hydrogen (secondary N) is 1. The molecule has 1 saturated heterocycles. The number of aliphatic carboxylic acids is 1. The number of ketones is 1. The molecule has 0 aromatic rings. The van der Waals surface area contributed by atoms with E-state index in [0.29, 0.717) is 19.3 Å². The molecule has 1 heterocycles. The van der Waals surface area contributed by atoms with Crippen molar-refractivity contribution in [2.24, 2.45) is 5.41 Å². The van der Waals surface area contributed by atoms with E-state index >= 15 is 0 Å². The van der Waals surface area contributed by atoms with Gasteiger partial charge < -0.3 is 20.0 Å². The molecule has 2 atom stereocenters. The van der Waals surface area contributed by atoms with Crippen LogP contribution in [0.15, 0.2) is 0 Å². The van der Waals surface area contributed by atoms with E-state index in [1.54, 1.807) is 6.92 Å². The number of ether oxygens (including phenoxy) is 1. The van der Waals surface area contributed by atoms with Crippen LogP contribution in [0.5, 0.6) is 0 Å². The van der Waals surface area contributed by atoms with Gasteiger partial charge in [0.1, 0.15) is 11.4 Å². The Kier molecular flexibility index (Phi) is 4.17. The van der Waals surface area contributed by atoms with Gasteiger partial charge in [0.05, 0.1) is 0 Å². The fourth-order valence-corrected chi connectivity index (χ4v) is 2.73. The van der Waals surface area contributed by atoms with Crippen LogP contribution in [-0.4, -0.2) is 34.1 Å². The first-order valence-electron chi connectivity index (χ1n) is 6.70. The fourth-order valence-electron chi connectivity index (χ4n) is 2.73. The largest absolute Gasteiger partial charge is 0.479 e. The second-order valence-electron chi connectivity index (χ2n) is 6.42. The summed E-state index contributed by atoms with van der Waals surface area (Å²) in [5.74, 6) is -1.04. The van der Waals surface area contributed by atoms with Crippen LogP contribution in [0.1, 0.15) is 53.9 Å². The minimum Gasteiger partial charge on any atom is -0.479 e. The maximum absolute atomic E-state index is 11.6. The van der Waals surface area contributed by atoms with Crippen molar-refractivity contribution in [2.45, 2.75) is 65.0 Å². The Morgan fingerprint density at radius 2 is 1.90 bits per heavy atom. The first-order chi connectivity index (χ1) is 8.96. The Labute approximate surface area is 118 Å². The summed E-state index contributed by atoms with van der Waals surface area (Å²) in [6, 6.07) is 0. The van der Waals surface area contributed by atoms with Crippen LogP contribution in [0.3, 0.4) is 0 Å². The quantitative estimate of drug-likeness (QED) is 0.779. The average molecular weight is 285 g/mol. The molecule has 0 unspecified atom stereocenters. The van der Waals surface area contributed by atoms with Crippen LogP contribution < -0.4 is 5.32 Å². The zero-order valence-corrected chi connectivity index (χ0v) is 12.7. The van der Waals surface area contributed by atoms with Crippen LogP contribution in [0.2, 0.25) is 0 Å². The van der Waals surface area contributed by atoms with Crippen molar-refractivity contribution in [3.63, 3.8) is 0 Å². The molecule has 1 aliphatic rings. The molecule has 1 amide bonds. The first kappa shape index (κ1) is 16.5. The Hall–Kier alpha value is -1.59. The molecular formula is C14H23NO5. The van der Waals surface area contributed by atoms with E-state index in [-0.39, 0.29) is 5.78 Å². The van der Waals surface area contributed by atoms with Gasteiger partial charge in [-0.25, -0.2) is 9.59 Å². The van der Waals surface area contributed by atoms with Crippen LogP contribution in [-0.2, 0) is 14.3 Å². The predicted octanol–water partition coefficient (Wildman–Crippen LogP) is 2.11. The summed E-state index contributed by atoms with van der Waals surface area (Å²) in [5.41, 5.74) is -3.28. The number of carboxylic acids is 1. The molecule has 0 aromatic carbocycles. The molecule has 114 valence electrons. The summed E-state index contributed by atoms with van der Waals surface area (Å²) < 4.78 is 5.33. The number of amides is 1. The van der Waals surface area contributed by atoms with Gasteiger partial charge in [-0.15, -0.1) is 0 Å². The standard InChI is InChI=1S/C14H23NO5/c1-9(16)7-6-8-12(2,3)14(5)13(4,10(17)18)15-11(19)20-14/h6-8H2,1-5H3,(H,15,19)(H,17,18)/t13-,14-/m1/s1. The van der Waals surface area contributed by atoms with E-state index in [1.807, 2.05) is 13.8 Å². The summed E-state index contributed by atoms with van der Waals surface area (Å²) in [4.78, 5) is 34.1. The third kappa shape index (κ3) is 2.51. The molecule has 6 nitrogen and oxygen atoms in total. The molecule has 0 saturated carbocycles. The highest BCUT2D eigenvalue weighted by molar-refractivity contribution is 5.89. The van der Waals surface area contributed by atoms with E-state index < -0.39 is 28.6 Å². The third-order valence-electron chi connectivity index (χ3n) is 4.65. The lowest BCUT2D eigenvalue weighted by molar-refractivity contribution is -0.158. The molecule has 0 aliphatic carbocycles. The number of Topliss-reactive ketones (excluding diaryl/α,β-unsaturated/α-hetero) is 1. The maximum Gasteiger partial charge on any atom is 0.408 e. The Morgan fingerprint density at radius 1 is 1.35 bits per heavy atom. The van der Waals surface area contributed by atoms with E-state index in [2.05, 4.69) is 5.32 Å². The van der Waals surface area contributed by atoms with Crippen molar-refractivity contribution in [1.29, 1.82) is 0 Å². The van der Waals surface area contributed by atoms with Crippen molar-refractivity contribution >= 4 is 17.8 Å². The fraction of sp³-hybridized carbons (Fsp3) is 0.786. The van der Waals surface area contributed by atoms with Crippen LogP contribution in [0.25, 0.3) is 0 Å². The third-order valence-corrected chi connectivity index (χ3v) is 4.65. The molecule has 2 N–H and O–H groups in total. The van der Waals surface area contributed by atoms with Gasteiger partial charge in [0, 0.05) is 11.8 Å². The highest BCUT2D eigenvalue weighted by Gasteiger charge is 2.65. The number of carbonyl (C=O) groups excluding carboxylic acids is 2. The Morgan fingerprint density at radius 3 is 2.35 bits per heavy atom. The second-order valence-corrected chi connectivity index (χ2v) is 6.42. The van der Waals surface area contributed by atoms with Crippen LogP contribution >= 0.6 is 0 Å². The number of cyclic esters (lactones) is 1. The molecule has 6 heteroatoms. The van der Waals surface area contributed by atoms with Crippen molar-refractivity contribution in [3.05, 3.63) is 0 Å². The van der Waals surface area contributed by atoms with E-state index in [1.165, 1.54) is 13.8 Å². The summed E-state index contributed by atoms with van der Waals surface area (Å²) in [6.45, 7) is 8.32. The Balaban J connectivity index is 3.02. The van der Waals surface area contributed by atoms with Gasteiger partial charge in [0.25, 0.3) is 0 Å². The summed E-state index contributed by atoms with van der Waals surface area (Å²) in [5, 5.41) is 11.9. The number of rotatable bonds is 6. The molecule has 1 rings (SSSR count). The van der Waals surface area contributed by atoms with Gasteiger partial charge in [0.2, 0.25) is 0 Å². The number of carboxylic acid groups (broad SMARTS) is 1. The maximum atomic E-state index is 11.6. The number of carbonyl (C=O) groups is 3. The molecule has 0 bridgehead atoms. The molecule has 20 heavy (non-hydrogen) atoms. The highest BCUT2D eigenvalue weighted by atomic mass is 16.6. The lowest BCUT2D eigenvalue weighted by Gasteiger charge is -2.46.